The molecule has 0 amide bonds. The highest BCUT2D eigenvalue weighted by Gasteiger charge is 2.53. The zero-order valence-electron chi connectivity index (χ0n) is 25.9. The van der Waals surface area contributed by atoms with Gasteiger partial charge in [0, 0.05) is 37.7 Å². The Hall–Kier alpha value is -3.83. The SMILES string of the molecule is CC(=O)OC[C@H]1OC(Sc2sc(C(=O)c3ccc(Br)cc3)c(N)c2-c2nc3ccccc3s2)[C@H](OC(C)=O)[C@@H](OC(C)=O)[C@H]1OC(C)=O. The predicted molar refractivity (Wildman–Crippen MR) is 183 cm³/mol. The van der Waals surface area contributed by atoms with Crippen LogP contribution in [-0.2, 0) is 42.9 Å². The van der Waals surface area contributed by atoms with E-state index in [1.807, 2.05) is 24.3 Å². The summed E-state index contributed by atoms with van der Waals surface area (Å²) in [7, 11) is 0. The number of nitrogen functional groups attached to an aromatic ring is 1. The second kappa shape index (κ2) is 15.2. The van der Waals surface area contributed by atoms with Gasteiger partial charge in [-0.1, -0.05) is 39.8 Å². The highest BCUT2D eigenvalue weighted by Crippen LogP contribution is 2.50. The van der Waals surface area contributed by atoms with Crippen LogP contribution in [0.3, 0.4) is 0 Å². The summed E-state index contributed by atoms with van der Waals surface area (Å²) < 4.78 is 30.5. The summed E-state index contributed by atoms with van der Waals surface area (Å²) in [6.45, 7) is 4.30. The van der Waals surface area contributed by atoms with E-state index in [-0.39, 0.29) is 23.0 Å². The van der Waals surface area contributed by atoms with Gasteiger partial charge in [0.05, 0.1) is 30.6 Å². The van der Waals surface area contributed by atoms with Crippen LogP contribution in [0.1, 0.15) is 42.9 Å². The molecule has 2 N–H and O–H groups in total. The van der Waals surface area contributed by atoms with Crippen LogP contribution in [0, 0.1) is 0 Å². The van der Waals surface area contributed by atoms with Crippen molar-refractivity contribution in [1.29, 1.82) is 0 Å². The molecule has 0 spiro atoms. The minimum absolute atomic E-state index is 0.195. The van der Waals surface area contributed by atoms with Gasteiger partial charge in [-0.05, 0) is 36.4 Å². The fourth-order valence-corrected chi connectivity index (χ4v) is 9.12. The number of aromatic nitrogens is 1. The van der Waals surface area contributed by atoms with Gasteiger partial charge in [-0.3, -0.25) is 24.0 Å². The number of rotatable bonds is 10. The Kier molecular flexibility index (Phi) is 11.2. The standard InChI is InChI=1S/C32H29BrN2O10S3/c1-14(36)41-13-21-26(42-15(2)37)27(43-16(3)38)28(44-17(4)39)31(45-21)48-32-23(30-35-20-7-5-6-8-22(20)46-30)24(34)29(47-32)25(40)18-9-11-19(33)12-10-18/h5-12,21,26-28,31H,13,34H2,1-4H3/t21-,26+,27+,28-,31?/m1/s1. The second-order valence-electron chi connectivity index (χ2n) is 10.5. The molecule has 5 rings (SSSR count). The summed E-state index contributed by atoms with van der Waals surface area (Å²) in [5.74, 6) is -3.16. The molecule has 1 aliphatic heterocycles. The molecule has 5 atom stereocenters. The van der Waals surface area contributed by atoms with Crippen LogP contribution >= 0.6 is 50.4 Å². The summed E-state index contributed by atoms with van der Waals surface area (Å²) in [5.41, 5.74) is 7.42. The van der Waals surface area contributed by atoms with Crippen molar-refractivity contribution in [2.75, 3.05) is 12.3 Å². The lowest BCUT2D eigenvalue weighted by Crippen LogP contribution is -2.61. The van der Waals surface area contributed by atoms with E-state index < -0.39 is 53.7 Å². The Morgan fingerprint density at radius 1 is 0.854 bits per heavy atom. The van der Waals surface area contributed by atoms with Crippen molar-refractivity contribution < 1.29 is 47.7 Å². The fraction of sp³-hybridized carbons (Fsp3) is 0.312. The van der Waals surface area contributed by atoms with E-state index in [9.17, 15) is 24.0 Å². The molecule has 0 aliphatic carbocycles. The van der Waals surface area contributed by atoms with E-state index in [0.29, 0.717) is 20.3 Å². The van der Waals surface area contributed by atoms with Gasteiger partial charge in [0.1, 0.15) is 23.2 Å². The Morgan fingerprint density at radius 3 is 2.10 bits per heavy atom. The molecule has 1 unspecified atom stereocenters. The number of benzene rings is 2. The van der Waals surface area contributed by atoms with Crippen molar-refractivity contribution >= 4 is 95.9 Å². The number of nitrogens with two attached hydrogens (primary N) is 1. The molecule has 12 nitrogen and oxygen atoms in total. The topological polar surface area (TPSA) is 170 Å². The molecule has 1 aliphatic rings. The molecule has 1 saturated heterocycles. The molecule has 0 bridgehead atoms. The van der Waals surface area contributed by atoms with E-state index in [2.05, 4.69) is 15.9 Å². The third-order valence-corrected chi connectivity index (χ3v) is 11.1. The number of thioether (sulfide) groups is 1. The van der Waals surface area contributed by atoms with E-state index >= 15 is 0 Å². The first-order valence-electron chi connectivity index (χ1n) is 14.4. The Morgan fingerprint density at radius 2 is 1.48 bits per heavy atom. The van der Waals surface area contributed by atoms with E-state index in [4.69, 9.17) is 34.4 Å². The number of hydrogen-bond acceptors (Lipinski definition) is 15. The lowest BCUT2D eigenvalue weighted by Gasteiger charge is -2.44. The number of carbonyl (C=O) groups excluding carboxylic acids is 5. The number of carbonyl (C=O) groups is 5. The van der Waals surface area contributed by atoms with Crippen LogP contribution < -0.4 is 5.73 Å². The average molecular weight is 778 g/mol. The third kappa shape index (κ3) is 8.06. The quantitative estimate of drug-likeness (QED) is 0.117. The molecule has 16 heteroatoms. The van der Waals surface area contributed by atoms with Crippen molar-refractivity contribution in [2.45, 2.75) is 61.8 Å². The van der Waals surface area contributed by atoms with Crippen LogP contribution in [0.5, 0.6) is 0 Å². The number of para-hydroxylation sites is 1. The van der Waals surface area contributed by atoms with Gasteiger partial charge in [0.25, 0.3) is 0 Å². The minimum atomic E-state index is -1.35. The van der Waals surface area contributed by atoms with Gasteiger partial charge in [0.15, 0.2) is 18.3 Å². The largest absolute Gasteiger partial charge is 0.463 e. The lowest BCUT2D eigenvalue weighted by molar-refractivity contribution is -0.237. The average Bonchev–Trinajstić information content (AvgIpc) is 3.58. The van der Waals surface area contributed by atoms with Crippen molar-refractivity contribution in [2.24, 2.45) is 0 Å². The highest BCUT2D eigenvalue weighted by molar-refractivity contribution is 9.10. The number of halogens is 1. The number of fused-ring (bicyclic) bond motifs is 1. The number of nitrogens with zero attached hydrogens (tertiary/aromatic N) is 1. The Labute approximate surface area is 295 Å². The Bertz CT molecular complexity index is 1840. The van der Waals surface area contributed by atoms with Crippen molar-refractivity contribution in [3.63, 3.8) is 0 Å². The molecular weight excluding hydrogens is 748 g/mol. The zero-order valence-corrected chi connectivity index (χ0v) is 30.0. The number of anilines is 1. The van der Waals surface area contributed by atoms with Gasteiger partial charge < -0.3 is 29.4 Å². The second-order valence-corrected chi connectivity index (χ2v) is 14.8. The van der Waals surface area contributed by atoms with E-state index in [0.717, 1.165) is 51.6 Å². The van der Waals surface area contributed by atoms with E-state index in [1.54, 1.807) is 24.3 Å². The first kappa shape index (κ1) is 35.5. The highest BCUT2D eigenvalue weighted by atomic mass is 79.9. The van der Waals surface area contributed by atoms with Crippen LogP contribution in [-0.4, -0.2) is 71.1 Å². The van der Waals surface area contributed by atoms with Gasteiger partial charge in [-0.15, -0.1) is 22.7 Å². The molecule has 3 heterocycles. The maximum absolute atomic E-state index is 13.8. The number of hydrogen-bond donors (Lipinski definition) is 1. The first-order chi connectivity index (χ1) is 22.8. The Balaban J connectivity index is 1.64. The van der Waals surface area contributed by atoms with Gasteiger partial charge in [-0.2, -0.15) is 0 Å². The number of esters is 4. The first-order valence-corrected chi connectivity index (χ1v) is 17.7. The molecule has 2 aromatic carbocycles. The molecule has 2 aromatic heterocycles. The summed E-state index contributed by atoms with van der Waals surface area (Å²) in [5, 5.41) is 0.535. The van der Waals surface area contributed by atoms with Gasteiger partial charge >= 0.3 is 23.9 Å². The molecule has 4 aromatic rings. The molecule has 0 saturated carbocycles. The number of ketones is 1. The van der Waals surface area contributed by atoms with Crippen LogP contribution in [0.4, 0.5) is 5.69 Å². The normalized spacial score (nSPS) is 20.6. The molecule has 252 valence electrons. The number of ether oxygens (including phenoxy) is 5. The molecule has 1 fully saturated rings. The van der Waals surface area contributed by atoms with Crippen LogP contribution in [0.25, 0.3) is 20.8 Å². The predicted octanol–water partition coefficient (Wildman–Crippen LogP) is 5.78. The summed E-state index contributed by atoms with van der Waals surface area (Å²) in [6, 6.07) is 14.4. The molecule has 0 radical (unpaired) electrons. The maximum Gasteiger partial charge on any atom is 0.303 e. The minimum Gasteiger partial charge on any atom is -0.463 e. The van der Waals surface area contributed by atoms with E-state index in [1.165, 1.54) is 25.2 Å². The lowest BCUT2D eigenvalue weighted by atomic mass is 9.99. The van der Waals surface area contributed by atoms with Crippen LogP contribution in [0.2, 0.25) is 0 Å². The summed E-state index contributed by atoms with van der Waals surface area (Å²) in [6.07, 6.45) is -5.11. The number of thiophene rings is 1. The van der Waals surface area contributed by atoms with Crippen molar-refractivity contribution in [3.8, 4) is 10.6 Å². The number of thiazole rings is 1. The monoisotopic (exact) mass is 776 g/mol. The zero-order chi connectivity index (χ0) is 34.7. The van der Waals surface area contributed by atoms with Crippen molar-refractivity contribution in [1.82, 2.24) is 4.98 Å². The summed E-state index contributed by atoms with van der Waals surface area (Å²) >= 11 is 6.93. The maximum atomic E-state index is 13.8. The smallest absolute Gasteiger partial charge is 0.303 e. The van der Waals surface area contributed by atoms with Crippen molar-refractivity contribution in [3.05, 3.63) is 63.4 Å². The third-order valence-electron chi connectivity index (χ3n) is 6.90. The van der Waals surface area contributed by atoms with Gasteiger partial charge in [0.2, 0.25) is 5.78 Å². The van der Waals surface area contributed by atoms with Gasteiger partial charge in [-0.25, -0.2) is 4.98 Å². The summed E-state index contributed by atoms with van der Waals surface area (Å²) in [4.78, 5) is 67.5. The fourth-order valence-electron chi connectivity index (χ4n) is 4.98. The molecular formula is C32H29BrN2O10S3. The molecule has 48 heavy (non-hydrogen) atoms. The van der Waals surface area contributed by atoms with Crippen LogP contribution in [0.15, 0.2) is 57.2 Å².